The summed E-state index contributed by atoms with van der Waals surface area (Å²) in [4.78, 5) is 0. The molecule has 1 unspecified atom stereocenters. The fourth-order valence-electron chi connectivity index (χ4n) is 0.380. The number of hydrogen-bond donors (Lipinski definition) is 0. The summed E-state index contributed by atoms with van der Waals surface area (Å²) in [5.41, 5.74) is 0. The summed E-state index contributed by atoms with van der Waals surface area (Å²) >= 11 is 3.75. The van der Waals surface area contributed by atoms with Crippen LogP contribution in [0, 0.1) is 0 Å². The summed E-state index contributed by atoms with van der Waals surface area (Å²) in [7, 11) is 0. The zero-order chi connectivity index (χ0) is 13.4. The van der Waals surface area contributed by atoms with Crippen molar-refractivity contribution in [1.29, 1.82) is 0 Å². The molecule has 0 aliphatic carbocycles. The fraction of sp³-hybridized carbons (Fsp3) is 0.600. The average Bonchev–Trinajstić information content (AvgIpc) is 2.00. The Labute approximate surface area is 86.4 Å². The molecule has 1 atom stereocenters. The van der Waals surface area contributed by atoms with E-state index in [1.165, 1.54) is 0 Å². The number of rotatable bonds is 3. The molecule has 0 spiro atoms. The molecule has 11 heteroatoms. The lowest BCUT2D eigenvalue weighted by Gasteiger charge is -2.28. The van der Waals surface area contributed by atoms with E-state index in [2.05, 4.69) is 16.3 Å². The maximum atomic E-state index is 12.3. The van der Waals surface area contributed by atoms with Gasteiger partial charge in [-0.2, -0.15) is 35.1 Å². The maximum Gasteiger partial charge on any atom is 0.459 e. The van der Waals surface area contributed by atoms with Crippen molar-refractivity contribution in [3.8, 4) is 0 Å². The standard InChI is InChI=1S/C5ClF9O/c6-3(10,4(11,12)13)5(14,15)16-2(9)1(7)8. The Morgan fingerprint density at radius 2 is 1.25 bits per heavy atom. The fourth-order valence-corrected chi connectivity index (χ4v) is 0.419. The highest BCUT2D eigenvalue weighted by Crippen LogP contribution is 2.49. The minimum Gasteiger partial charge on any atom is -0.399 e. The quantitative estimate of drug-likeness (QED) is 0.430. The molecule has 0 fully saturated rings. The van der Waals surface area contributed by atoms with Gasteiger partial charge in [0, 0.05) is 0 Å². The Balaban J connectivity index is 5.15. The van der Waals surface area contributed by atoms with Crippen LogP contribution in [0.2, 0.25) is 0 Å². The van der Waals surface area contributed by atoms with Gasteiger partial charge in [-0.1, -0.05) is 11.6 Å². The highest BCUT2D eigenvalue weighted by atomic mass is 35.5. The normalized spacial score (nSPS) is 16.6. The van der Waals surface area contributed by atoms with Gasteiger partial charge in [-0.05, 0) is 0 Å². The second-order valence-electron chi connectivity index (χ2n) is 2.23. The van der Waals surface area contributed by atoms with Gasteiger partial charge in [0.05, 0.1) is 0 Å². The summed E-state index contributed by atoms with van der Waals surface area (Å²) in [5, 5.41) is -5.84. The van der Waals surface area contributed by atoms with Crippen LogP contribution >= 0.6 is 11.6 Å². The van der Waals surface area contributed by atoms with E-state index in [1.807, 2.05) is 0 Å². The van der Waals surface area contributed by atoms with E-state index in [0.29, 0.717) is 0 Å². The van der Waals surface area contributed by atoms with Crippen LogP contribution in [-0.4, -0.2) is 17.4 Å². The first-order valence-electron chi connectivity index (χ1n) is 3.05. The van der Waals surface area contributed by atoms with Crippen LogP contribution in [0.15, 0.2) is 12.1 Å². The molecule has 0 aromatic carbocycles. The smallest absolute Gasteiger partial charge is 0.399 e. The molecule has 0 saturated heterocycles. The Morgan fingerprint density at radius 3 is 1.50 bits per heavy atom. The van der Waals surface area contributed by atoms with E-state index in [1.54, 1.807) is 0 Å². The average molecular weight is 282 g/mol. The van der Waals surface area contributed by atoms with Crippen molar-refractivity contribution in [2.75, 3.05) is 0 Å². The Morgan fingerprint density at radius 1 is 0.875 bits per heavy atom. The second kappa shape index (κ2) is 4.22. The van der Waals surface area contributed by atoms with Crippen LogP contribution in [0.1, 0.15) is 0 Å². The predicted octanol–water partition coefficient (Wildman–Crippen LogP) is 4.10. The van der Waals surface area contributed by atoms with Gasteiger partial charge in [-0.3, -0.25) is 0 Å². The summed E-state index contributed by atoms with van der Waals surface area (Å²) in [6, 6.07) is -3.36. The largest absolute Gasteiger partial charge is 0.459 e. The van der Waals surface area contributed by atoms with Crippen molar-refractivity contribution in [1.82, 2.24) is 0 Å². The maximum absolute atomic E-state index is 12.3. The number of halogens is 10. The third kappa shape index (κ3) is 2.86. The minimum absolute atomic E-state index is 2.19. The van der Waals surface area contributed by atoms with Crippen molar-refractivity contribution in [2.45, 2.75) is 17.4 Å². The molecule has 96 valence electrons. The molecule has 0 heterocycles. The molecule has 0 aliphatic rings. The summed E-state index contributed by atoms with van der Waals surface area (Å²) in [5.74, 6) is 0. The molecule has 0 N–H and O–H groups in total. The topological polar surface area (TPSA) is 9.23 Å². The van der Waals surface area contributed by atoms with Gasteiger partial charge in [0.1, 0.15) is 0 Å². The monoisotopic (exact) mass is 282 g/mol. The summed E-state index contributed by atoms with van der Waals surface area (Å²) < 4.78 is 108. The minimum atomic E-state index is -6.36. The Bertz CT molecular complexity index is 289. The van der Waals surface area contributed by atoms with E-state index in [4.69, 9.17) is 0 Å². The predicted molar refractivity (Wildman–Crippen MR) is 32.1 cm³/mol. The molecular formula is C5ClF9O. The number of ether oxygens (including phenoxy) is 1. The van der Waals surface area contributed by atoms with Gasteiger partial charge < -0.3 is 4.74 Å². The molecule has 0 amide bonds. The molecule has 0 aromatic heterocycles. The zero-order valence-corrected chi connectivity index (χ0v) is 7.44. The highest BCUT2D eigenvalue weighted by Gasteiger charge is 2.73. The lowest BCUT2D eigenvalue weighted by Crippen LogP contribution is -2.52. The third-order valence-electron chi connectivity index (χ3n) is 1.09. The first-order chi connectivity index (χ1) is 6.83. The first kappa shape index (κ1) is 15.2. The van der Waals surface area contributed by atoms with Gasteiger partial charge >= 0.3 is 29.5 Å². The van der Waals surface area contributed by atoms with Crippen LogP contribution < -0.4 is 0 Å². The van der Waals surface area contributed by atoms with Gasteiger partial charge in [-0.15, -0.1) is 0 Å². The number of hydrogen-bond acceptors (Lipinski definition) is 1. The van der Waals surface area contributed by atoms with E-state index < -0.39 is 29.5 Å². The van der Waals surface area contributed by atoms with Crippen LogP contribution in [0.4, 0.5) is 39.5 Å². The molecule has 0 aromatic rings. The van der Waals surface area contributed by atoms with Crippen molar-refractivity contribution in [3.63, 3.8) is 0 Å². The first-order valence-corrected chi connectivity index (χ1v) is 3.43. The van der Waals surface area contributed by atoms with E-state index in [9.17, 15) is 39.5 Å². The van der Waals surface area contributed by atoms with Crippen molar-refractivity contribution in [3.05, 3.63) is 12.1 Å². The molecule has 0 radical (unpaired) electrons. The lowest BCUT2D eigenvalue weighted by molar-refractivity contribution is -0.347. The van der Waals surface area contributed by atoms with Crippen LogP contribution in [0.25, 0.3) is 0 Å². The van der Waals surface area contributed by atoms with E-state index in [0.717, 1.165) is 0 Å². The van der Waals surface area contributed by atoms with Crippen molar-refractivity contribution in [2.24, 2.45) is 0 Å². The van der Waals surface area contributed by atoms with Gasteiger partial charge in [-0.25, -0.2) is 4.39 Å². The molecule has 1 nitrogen and oxygen atoms in total. The SMILES string of the molecule is FC(F)=C(F)OC(F)(F)C(F)(Cl)C(F)(F)F. The van der Waals surface area contributed by atoms with Gasteiger partial charge in [0.25, 0.3) is 0 Å². The number of alkyl halides is 7. The molecule has 16 heavy (non-hydrogen) atoms. The van der Waals surface area contributed by atoms with Gasteiger partial charge in [0.15, 0.2) is 0 Å². The van der Waals surface area contributed by atoms with Crippen LogP contribution in [0.3, 0.4) is 0 Å². The summed E-state index contributed by atoms with van der Waals surface area (Å²) in [6.07, 6.45) is -15.9. The molecular weight excluding hydrogens is 282 g/mol. The molecule has 0 saturated carbocycles. The van der Waals surface area contributed by atoms with E-state index >= 15 is 0 Å². The van der Waals surface area contributed by atoms with Crippen LogP contribution in [0.5, 0.6) is 0 Å². The third-order valence-corrected chi connectivity index (χ3v) is 1.52. The van der Waals surface area contributed by atoms with Gasteiger partial charge in [0.2, 0.25) is 0 Å². The zero-order valence-electron chi connectivity index (χ0n) is 6.69. The van der Waals surface area contributed by atoms with Crippen LogP contribution in [-0.2, 0) is 4.74 Å². The molecule has 0 rings (SSSR count). The highest BCUT2D eigenvalue weighted by molar-refractivity contribution is 6.24. The summed E-state index contributed by atoms with van der Waals surface area (Å²) in [6.45, 7) is 0. The Kier molecular flexibility index (Phi) is 4.01. The molecule has 0 aliphatic heterocycles. The second-order valence-corrected chi connectivity index (χ2v) is 2.75. The van der Waals surface area contributed by atoms with E-state index in [-0.39, 0.29) is 0 Å². The Hall–Kier alpha value is -0.800. The molecule has 0 bridgehead atoms. The lowest BCUT2D eigenvalue weighted by atomic mass is 10.3. The van der Waals surface area contributed by atoms with Crippen molar-refractivity contribution < 1.29 is 44.3 Å². The van der Waals surface area contributed by atoms with Crippen molar-refractivity contribution >= 4 is 11.6 Å².